The fourth-order valence-electron chi connectivity index (χ4n) is 2.61. The van der Waals surface area contributed by atoms with Crippen molar-refractivity contribution < 1.29 is 9.13 Å². The maximum atomic E-state index is 13.6. The molecular formula is C19H28FIN2OSi. The highest BCUT2D eigenvalue weighted by molar-refractivity contribution is 14.1. The summed E-state index contributed by atoms with van der Waals surface area (Å²) < 4.78 is 22.6. The topological polar surface area (TPSA) is 27.1 Å². The molecule has 0 radical (unpaired) electrons. The molecule has 0 fully saturated rings. The molecule has 138 valence electrons. The Labute approximate surface area is 165 Å². The number of ether oxygens (including phenoxy) is 1. The van der Waals surface area contributed by atoms with E-state index in [1.165, 1.54) is 11.8 Å². The van der Waals surface area contributed by atoms with Gasteiger partial charge in [-0.25, -0.2) is 9.07 Å². The number of hydrogen-bond donors (Lipinski definition) is 0. The predicted molar refractivity (Wildman–Crippen MR) is 113 cm³/mol. The van der Waals surface area contributed by atoms with Crippen molar-refractivity contribution in [2.75, 3.05) is 6.61 Å². The highest BCUT2D eigenvalue weighted by atomic mass is 127. The van der Waals surface area contributed by atoms with Crippen LogP contribution in [0, 0.1) is 16.3 Å². The minimum atomic E-state index is -1.09. The van der Waals surface area contributed by atoms with E-state index in [1.54, 1.807) is 13.0 Å². The summed E-state index contributed by atoms with van der Waals surface area (Å²) in [4.78, 5) is 0. The zero-order chi connectivity index (χ0) is 18.8. The van der Waals surface area contributed by atoms with Crippen molar-refractivity contribution in [3.8, 4) is 11.3 Å². The lowest BCUT2D eigenvalue weighted by atomic mass is 10.1. The lowest BCUT2D eigenvalue weighted by molar-refractivity contribution is 0.0760. The van der Waals surface area contributed by atoms with Crippen LogP contribution in [-0.2, 0) is 11.5 Å². The van der Waals surface area contributed by atoms with E-state index in [1.807, 2.05) is 10.7 Å². The van der Waals surface area contributed by atoms with Crippen molar-refractivity contribution in [3.05, 3.63) is 38.8 Å². The smallest absolute Gasteiger partial charge is 0.139 e. The average Bonchev–Trinajstić information content (AvgIpc) is 2.82. The zero-order valence-corrected chi connectivity index (χ0v) is 19.1. The van der Waals surface area contributed by atoms with E-state index in [2.05, 4.69) is 56.1 Å². The Kier molecular flexibility index (Phi) is 6.84. The average molecular weight is 474 g/mol. The summed E-state index contributed by atoms with van der Waals surface area (Å²) in [6, 6.07) is 6.32. The minimum absolute atomic E-state index is 0.183. The molecule has 0 unspecified atom stereocenters. The Morgan fingerprint density at radius 1 is 1.28 bits per heavy atom. The van der Waals surface area contributed by atoms with Gasteiger partial charge in [0, 0.05) is 20.2 Å². The first-order valence-corrected chi connectivity index (χ1v) is 13.5. The molecule has 0 N–H and O–H groups in total. The van der Waals surface area contributed by atoms with E-state index in [0.717, 1.165) is 27.5 Å². The first-order chi connectivity index (χ1) is 11.6. The quantitative estimate of drug-likeness (QED) is 0.278. The third-order valence-corrected chi connectivity index (χ3v) is 6.89. The molecule has 3 nitrogen and oxygen atoms in total. The fraction of sp³-hybridized carbons (Fsp3) is 0.526. The number of hydrogen-bond acceptors (Lipinski definition) is 2. The van der Waals surface area contributed by atoms with Crippen LogP contribution >= 0.6 is 22.6 Å². The summed E-state index contributed by atoms with van der Waals surface area (Å²) in [5.41, 5.74) is 3.66. The molecule has 0 saturated carbocycles. The van der Waals surface area contributed by atoms with Crippen LogP contribution < -0.4 is 0 Å². The van der Waals surface area contributed by atoms with Gasteiger partial charge in [-0.05, 0) is 65.2 Å². The Bertz CT molecular complexity index is 738. The van der Waals surface area contributed by atoms with Gasteiger partial charge in [-0.2, -0.15) is 5.10 Å². The summed E-state index contributed by atoms with van der Waals surface area (Å²) in [7, 11) is -1.09. The molecule has 2 rings (SSSR count). The van der Waals surface area contributed by atoms with E-state index >= 15 is 0 Å². The first-order valence-electron chi connectivity index (χ1n) is 8.70. The van der Waals surface area contributed by atoms with Gasteiger partial charge < -0.3 is 4.74 Å². The normalized spacial score (nSPS) is 12.2. The third-order valence-electron chi connectivity index (χ3n) is 4.12. The Hall–Kier alpha value is -0.733. The van der Waals surface area contributed by atoms with Crippen molar-refractivity contribution in [2.24, 2.45) is 0 Å². The number of aromatic nitrogens is 2. The Morgan fingerprint density at radius 3 is 2.52 bits per heavy atom. The van der Waals surface area contributed by atoms with Crippen LogP contribution in [0.4, 0.5) is 4.39 Å². The molecular weight excluding hydrogens is 446 g/mol. The van der Waals surface area contributed by atoms with E-state index in [9.17, 15) is 4.39 Å². The van der Waals surface area contributed by atoms with Gasteiger partial charge >= 0.3 is 0 Å². The standard InChI is InChI=1S/C19H28FIN2OSi/c1-13(2)19-17(21)18(15-7-8-16(20)14(3)11-15)22-23(19)12-24-9-10-25(4,5)6/h7-8,11,13H,9-10,12H2,1-6H3. The zero-order valence-electron chi connectivity index (χ0n) is 16.0. The number of benzene rings is 1. The van der Waals surface area contributed by atoms with Crippen molar-refractivity contribution >= 4 is 30.7 Å². The summed E-state index contributed by atoms with van der Waals surface area (Å²) in [5.74, 6) is 0.159. The second-order valence-electron chi connectivity index (χ2n) is 8.01. The van der Waals surface area contributed by atoms with Gasteiger partial charge in [-0.15, -0.1) is 0 Å². The van der Waals surface area contributed by atoms with Gasteiger partial charge in [-0.1, -0.05) is 33.5 Å². The number of rotatable bonds is 7. The second-order valence-corrected chi connectivity index (χ2v) is 14.7. The second kappa shape index (κ2) is 8.31. The van der Waals surface area contributed by atoms with Crippen LogP contribution in [-0.4, -0.2) is 24.5 Å². The monoisotopic (exact) mass is 474 g/mol. The maximum Gasteiger partial charge on any atom is 0.139 e. The molecule has 0 saturated heterocycles. The molecule has 0 amide bonds. The molecule has 1 aromatic carbocycles. The van der Waals surface area contributed by atoms with Crippen molar-refractivity contribution in [2.45, 2.75) is 59.1 Å². The molecule has 0 spiro atoms. The van der Waals surface area contributed by atoms with Gasteiger partial charge in [0.05, 0.1) is 9.26 Å². The molecule has 0 atom stereocenters. The van der Waals surface area contributed by atoms with Crippen LogP contribution in [0.5, 0.6) is 0 Å². The van der Waals surface area contributed by atoms with Gasteiger partial charge in [0.2, 0.25) is 0 Å². The first kappa shape index (κ1) is 20.6. The van der Waals surface area contributed by atoms with Crippen molar-refractivity contribution in [3.63, 3.8) is 0 Å². The van der Waals surface area contributed by atoms with Crippen LogP contribution in [0.25, 0.3) is 11.3 Å². The molecule has 25 heavy (non-hydrogen) atoms. The molecule has 0 aliphatic carbocycles. The molecule has 1 heterocycles. The van der Waals surface area contributed by atoms with Crippen LogP contribution in [0.15, 0.2) is 18.2 Å². The van der Waals surface area contributed by atoms with Gasteiger partial charge in [0.25, 0.3) is 0 Å². The lowest BCUT2D eigenvalue weighted by Crippen LogP contribution is -2.22. The molecule has 0 aliphatic rings. The number of nitrogens with zero attached hydrogens (tertiary/aromatic N) is 2. The van der Waals surface area contributed by atoms with E-state index in [-0.39, 0.29) is 5.82 Å². The summed E-state index contributed by atoms with van der Waals surface area (Å²) in [5, 5.41) is 4.78. The van der Waals surface area contributed by atoms with Gasteiger partial charge in [0.1, 0.15) is 18.2 Å². The van der Waals surface area contributed by atoms with Crippen LogP contribution in [0.3, 0.4) is 0 Å². The summed E-state index contributed by atoms with van der Waals surface area (Å²) >= 11 is 2.35. The van der Waals surface area contributed by atoms with Crippen LogP contribution in [0.1, 0.15) is 31.0 Å². The molecule has 2 aromatic rings. The minimum Gasteiger partial charge on any atom is -0.360 e. The SMILES string of the molecule is Cc1cc(-c2nn(COCC[Si](C)(C)C)c(C(C)C)c2I)ccc1F. The number of halogens is 2. The molecule has 6 heteroatoms. The summed E-state index contributed by atoms with van der Waals surface area (Å²) in [6.07, 6.45) is 0. The largest absolute Gasteiger partial charge is 0.360 e. The van der Waals surface area contributed by atoms with E-state index in [4.69, 9.17) is 9.84 Å². The highest BCUT2D eigenvalue weighted by Gasteiger charge is 2.20. The Morgan fingerprint density at radius 2 is 1.96 bits per heavy atom. The van der Waals surface area contributed by atoms with Gasteiger partial charge in [0.15, 0.2) is 0 Å². The molecule has 0 aliphatic heterocycles. The van der Waals surface area contributed by atoms with E-state index in [0.29, 0.717) is 18.2 Å². The summed E-state index contributed by atoms with van der Waals surface area (Å²) in [6.45, 7) is 14.4. The highest BCUT2D eigenvalue weighted by Crippen LogP contribution is 2.32. The fourth-order valence-corrected chi connectivity index (χ4v) is 4.69. The van der Waals surface area contributed by atoms with Crippen molar-refractivity contribution in [1.29, 1.82) is 0 Å². The van der Waals surface area contributed by atoms with E-state index < -0.39 is 8.07 Å². The Balaban J connectivity index is 2.26. The third kappa shape index (κ3) is 5.37. The molecule has 1 aromatic heterocycles. The lowest BCUT2D eigenvalue weighted by Gasteiger charge is -2.16. The van der Waals surface area contributed by atoms with Crippen molar-refractivity contribution in [1.82, 2.24) is 9.78 Å². The van der Waals surface area contributed by atoms with Crippen LogP contribution in [0.2, 0.25) is 25.7 Å². The molecule has 0 bridgehead atoms. The maximum absolute atomic E-state index is 13.6. The number of aryl methyl sites for hydroxylation is 1. The van der Waals surface area contributed by atoms with Gasteiger partial charge in [-0.3, -0.25) is 0 Å². The predicted octanol–water partition coefficient (Wildman–Crippen LogP) is 6.04.